The normalized spacial score (nSPS) is 20.4. The second-order valence-corrected chi connectivity index (χ2v) is 7.72. The smallest absolute Gasteiger partial charge is 0.228 e. The summed E-state index contributed by atoms with van der Waals surface area (Å²) in [5.41, 5.74) is 0.661. The Hall–Kier alpha value is -2.24. The van der Waals surface area contributed by atoms with Gasteiger partial charge in [-0.2, -0.15) is 0 Å². The summed E-state index contributed by atoms with van der Waals surface area (Å²) < 4.78 is 10.7. The third-order valence-corrected chi connectivity index (χ3v) is 5.68. The molecule has 1 saturated carbocycles. The van der Waals surface area contributed by atoms with Gasteiger partial charge in [-0.1, -0.05) is 12.8 Å². The van der Waals surface area contributed by atoms with Gasteiger partial charge >= 0.3 is 0 Å². The maximum atomic E-state index is 13.3. The Kier molecular flexibility index (Phi) is 5.92. The molecule has 0 radical (unpaired) electrons. The van der Waals surface area contributed by atoms with E-state index in [2.05, 4.69) is 13.8 Å². The van der Waals surface area contributed by atoms with Crippen molar-refractivity contribution in [2.24, 2.45) is 5.92 Å². The summed E-state index contributed by atoms with van der Waals surface area (Å²) in [5, 5.41) is 0. The summed E-state index contributed by atoms with van der Waals surface area (Å²) >= 11 is 0. The van der Waals surface area contributed by atoms with Crippen LogP contribution in [0.1, 0.15) is 46.0 Å². The molecule has 1 aromatic carbocycles. The average Bonchev–Trinajstić information content (AvgIpc) is 3.31. The molecule has 0 spiro atoms. The van der Waals surface area contributed by atoms with E-state index in [4.69, 9.17) is 9.47 Å². The fourth-order valence-electron chi connectivity index (χ4n) is 4.36. The highest BCUT2D eigenvalue weighted by Crippen LogP contribution is 2.37. The molecule has 3 rings (SSSR count). The first-order chi connectivity index (χ1) is 13.0. The summed E-state index contributed by atoms with van der Waals surface area (Å²) in [6.07, 6.45) is 4.74. The highest BCUT2D eigenvalue weighted by molar-refractivity contribution is 6.01. The molecule has 1 unspecified atom stereocenters. The van der Waals surface area contributed by atoms with Crippen LogP contribution in [0.5, 0.6) is 11.5 Å². The number of hydrogen-bond donors (Lipinski definition) is 0. The first kappa shape index (κ1) is 19.5. The van der Waals surface area contributed by atoms with E-state index in [1.165, 1.54) is 12.8 Å². The van der Waals surface area contributed by atoms with E-state index in [0.29, 0.717) is 29.8 Å². The van der Waals surface area contributed by atoms with Crippen LogP contribution in [-0.2, 0) is 9.59 Å². The van der Waals surface area contributed by atoms with Gasteiger partial charge in [-0.3, -0.25) is 9.59 Å². The Morgan fingerprint density at radius 2 is 1.89 bits per heavy atom. The number of hydrogen-bond acceptors (Lipinski definition) is 4. The number of carbonyl (C=O) groups excluding carboxylic acids is 2. The number of rotatable bonds is 6. The van der Waals surface area contributed by atoms with Gasteiger partial charge in [-0.25, -0.2) is 0 Å². The SMILES string of the molecule is COc1ccc(OC)c(N2CC(C(=O)N(C(C)C)C3CCCC3)CC2=O)c1. The molecule has 0 N–H and O–H groups in total. The number of anilines is 1. The van der Waals surface area contributed by atoms with Crippen molar-refractivity contribution in [1.29, 1.82) is 0 Å². The largest absolute Gasteiger partial charge is 0.497 e. The van der Waals surface area contributed by atoms with Gasteiger partial charge in [0.25, 0.3) is 0 Å². The van der Waals surface area contributed by atoms with Crippen molar-refractivity contribution in [2.45, 2.75) is 58.0 Å². The molecule has 2 fully saturated rings. The lowest BCUT2D eigenvalue weighted by Gasteiger charge is -2.34. The quantitative estimate of drug-likeness (QED) is 0.767. The van der Waals surface area contributed by atoms with Crippen LogP contribution < -0.4 is 14.4 Å². The first-order valence-electron chi connectivity index (χ1n) is 9.80. The van der Waals surface area contributed by atoms with E-state index in [1.807, 2.05) is 4.90 Å². The predicted molar refractivity (Wildman–Crippen MR) is 104 cm³/mol. The van der Waals surface area contributed by atoms with Crippen LogP contribution in [0.2, 0.25) is 0 Å². The van der Waals surface area contributed by atoms with Gasteiger partial charge in [-0.05, 0) is 38.8 Å². The van der Waals surface area contributed by atoms with Gasteiger partial charge in [-0.15, -0.1) is 0 Å². The Labute approximate surface area is 161 Å². The zero-order valence-electron chi connectivity index (χ0n) is 16.7. The number of carbonyl (C=O) groups is 2. The second kappa shape index (κ2) is 8.19. The van der Waals surface area contributed by atoms with Crippen LogP contribution in [0.25, 0.3) is 0 Å². The van der Waals surface area contributed by atoms with Crippen LogP contribution in [0.3, 0.4) is 0 Å². The molecule has 1 atom stereocenters. The summed E-state index contributed by atoms with van der Waals surface area (Å²) in [6.45, 7) is 4.52. The third kappa shape index (κ3) is 3.89. The van der Waals surface area contributed by atoms with Gasteiger partial charge in [0.15, 0.2) is 0 Å². The average molecular weight is 374 g/mol. The van der Waals surface area contributed by atoms with E-state index < -0.39 is 0 Å². The van der Waals surface area contributed by atoms with Crippen molar-refractivity contribution in [3.05, 3.63) is 18.2 Å². The Morgan fingerprint density at radius 1 is 1.19 bits per heavy atom. The molecule has 1 saturated heterocycles. The molecule has 1 heterocycles. The minimum Gasteiger partial charge on any atom is -0.497 e. The number of benzene rings is 1. The van der Waals surface area contributed by atoms with Crippen molar-refractivity contribution in [3.8, 4) is 11.5 Å². The summed E-state index contributed by atoms with van der Waals surface area (Å²) in [6, 6.07) is 5.84. The molecular weight excluding hydrogens is 344 g/mol. The molecule has 1 aliphatic carbocycles. The van der Waals surface area contributed by atoms with Gasteiger partial charge in [0.2, 0.25) is 11.8 Å². The predicted octanol–water partition coefficient (Wildman–Crippen LogP) is 3.24. The highest BCUT2D eigenvalue weighted by Gasteiger charge is 2.41. The van der Waals surface area contributed by atoms with E-state index in [9.17, 15) is 9.59 Å². The third-order valence-electron chi connectivity index (χ3n) is 5.68. The number of amides is 2. The van der Waals surface area contributed by atoms with Crippen LogP contribution in [0, 0.1) is 5.92 Å². The zero-order valence-corrected chi connectivity index (χ0v) is 16.7. The molecule has 0 aromatic heterocycles. The van der Waals surface area contributed by atoms with E-state index >= 15 is 0 Å². The number of ether oxygens (including phenoxy) is 2. The molecule has 6 heteroatoms. The molecule has 27 heavy (non-hydrogen) atoms. The Balaban J connectivity index is 1.81. The summed E-state index contributed by atoms with van der Waals surface area (Å²) in [5.74, 6) is 1.01. The molecular formula is C21H30N2O4. The molecule has 6 nitrogen and oxygen atoms in total. The maximum Gasteiger partial charge on any atom is 0.228 e. The standard InChI is InChI=1S/C21H30N2O4/c1-14(2)23(16-7-5-6-8-16)21(25)15-11-20(24)22(13-15)18-12-17(26-3)9-10-19(18)27-4/h9-10,12,14-16H,5-8,11,13H2,1-4H3. The Bertz CT molecular complexity index is 697. The fourth-order valence-corrected chi connectivity index (χ4v) is 4.36. The fraction of sp³-hybridized carbons (Fsp3) is 0.619. The van der Waals surface area contributed by atoms with Gasteiger partial charge < -0.3 is 19.3 Å². The van der Waals surface area contributed by atoms with Crippen molar-refractivity contribution in [1.82, 2.24) is 4.90 Å². The second-order valence-electron chi connectivity index (χ2n) is 7.72. The lowest BCUT2D eigenvalue weighted by atomic mass is 10.0. The van der Waals surface area contributed by atoms with Crippen LogP contribution in [0.4, 0.5) is 5.69 Å². The zero-order chi connectivity index (χ0) is 19.6. The van der Waals surface area contributed by atoms with Gasteiger partial charge in [0.1, 0.15) is 11.5 Å². The minimum atomic E-state index is -0.309. The van der Waals surface area contributed by atoms with Crippen LogP contribution >= 0.6 is 0 Å². The van der Waals surface area contributed by atoms with Crippen molar-refractivity contribution >= 4 is 17.5 Å². The number of nitrogens with zero attached hydrogens (tertiary/aromatic N) is 2. The van der Waals surface area contributed by atoms with E-state index in [-0.39, 0.29) is 30.2 Å². The molecule has 0 bridgehead atoms. The molecule has 2 amide bonds. The molecule has 1 aromatic rings. The van der Waals surface area contributed by atoms with Gasteiger partial charge in [0.05, 0.1) is 25.8 Å². The van der Waals surface area contributed by atoms with Crippen LogP contribution in [-0.4, -0.2) is 49.6 Å². The minimum absolute atomic E-state index is 0.0463. The topological polar surface area (TPSA) is 59.1 Å². The first-order valence-corrected chi connectivity index (χ1v) is 9.80. The summed E-state index contributed by atoms with van der Waals surface area (Å²) in [4.78, 5) is 29.7. The lowest BCUT2D eigenvalue weighted by Crippen LogP contribution is -2.47. The lowest BCUT2D eigenvalue weighted by molar-refractivity contribution is -0.140. The summed E-state index contributed by atoms with van der Waals surface area (Å²) in [7, 11) is 3.17. The molecule has 2 aliphatic rings. The van der Waals surface area contributed by atoms with Gasteiger partial charge in [0, 0.05) is 31.1 Å². The highest BCUT2D eigenvalue weighted by atomic mass is 16.5. The molecule has 1 aliphatic heterocycles. The van der Waals surface area contributed by atoms with Crippen LogP contribution in [0.15, 0.2) is 18.2 Å². The van der Waals surface area contributed by atoms with E-state index in [0.717, 1.165) is 12.8 Å². The molecule has 148 valence electrons. The van der Waals surface area contributed by atoms with E-state index in [1.54, 1.807) is 37.3 Å². The van der Waals surface area contributed by atoms with Crippen molar-refractivity contribution < 1.29 is 19.1 Å². The van der Waals surface area contributed by atoms with Crippen molar-refractivity contribution in [2.75, 3.05) is 25.7 Å². The number of methoxy groups -OCH3 is 2. The monoisotopic (exact) mass is 374 g/mol. The van der Waals surface area contributed by atoms with Crippen molar-refractivity contribution in [3.63, 3.8) is 0 Å². The maximum absolute atomic E-state index is 13.3. The Morgan fingerprint density at radius 3 is 2.48 bits per heavy atom.